The summed E-state index contributed by atoms with van der Waals surface area (Å²) in [7, 11) is 2.96. The van der Waals surface area contributed by atoms with Crippen LogP contribution in [0.1, 0.15) is 32.1 Å². The van der Waals surface area contributed by atoms with Crippen LogP contribution in [0.3, 0.4) is 0 Å². The first-order valence-electron chi connectivity index (χ1n) is 9.02. The number of hydrogen-bond donors (Lipinski definition) is 1. The first-order chi connectivity index (χ1) is 13.3. The summed E-state index contributed by atoms with van der Waals surface area (Å²) in [5.41, 5.74) is -0.981. The van der Waals surface area contributed by atoms with Gasteiger partial charge in [-0.3, -0.25) is 24.6 Å². The van der Waals surface area contributed by atoms with Gasteiger partial charge in [0.15, 0.2) is 0 Å². The molecule has 0 bridgehead atoms. The van der Waals surface area contributed by atoms with Gasteiger partial charge < -0.3 is 15.0 Å². The van der Waals surface area contributed by atoms with E-state index in [9.17, 15) is 24.5 Å². The number of carbonyl (C=O) groups is 3. The molecular formula is C18H22N4O6. The normalized spacial score (nSPS) is 18.5. The molecule has 0 aromatic heterocycles. The van der Waals surface area contributed by atoms with Crippen LogP contribution in [-0.4, -0.2) is 58.8 Å². The summed E-state index contributed by atoms with van der Waals surface area (Å²) in [5, 5.41) is 13.5. The van der Waals surface area contributed by atoms with E-state index in [4.69, 9.17) is 4.74 Å². The molecule has 2 fully saturated rings. The highest BCUT2D eigenvalue weighted by molar-refractivity contribution is 6.10. The number of imide groups is 1. The maximum Gasteiger partial charge on any atom is 0.327 e. The maximum atomic E-state index is 12.9. The van der Waals surface area contributed by atoms with Crippen LogP contribution in [0.2, 0.25) is 0 Å². The molecule has 1 aliphatic heterocycles. The van der Waals surface area contributed by atoms with Crippen LogP contribution in [0.15, 0.2) is 18.2 Å². The van der Waals surface area contributed by atoms with Crippen LogP contribution in [0.25, 0.3) is 0 Å². The van der Waals surface area contributed by atoms with Crippen molar-refractivity contribution < 1.29 is 24.0 Å². The SMILES string of the molecule is COc1ccc([N+](=O)[O-])cc1NC(=O)CN1C(=O)N(C)C2(CCCCC2)C1=O. The van der Waals surface area contributed by atoms with Crippen molar-refractivity contribution in [3.05, 3.63) is 28.3 Å². The van der Waals surface area contributed by atoms with Gasteiger partial charge in [0.2, 0.25) is 5.91 Å². The van der Waals surface area contributed by atoms with Crippen LogP contribution in [0, 0.1) is 10.1 Å². The van der Waals surface area contributed by atoms with Gasteiger partial charge >= 0.3 is 6.03 Å². The van der Waals surface area contributed by atoms with E-state index >= 15 is 0 Å². The number of rotatable bonds is 5. The predicted molar refractivity (Wildman–Crippen MR) is 99.0 cm³/mol. The van der Waals surface area contributed by atoms with E-state index in [-0.39, 0.29) is 23.0 Å². The van der Waals surface area contributed by atoms with E-state index in [2.05, 4.69) is 5.32 Å². The van der Waals surface area contributed by atoms with Crippen LogP contribution in [0.5, 0.6) is 5.75 Å². The van der Waals surface area contributed by atoms with Crippen molar-refractivity contribution in [3.63, 3.8) is 0 Å². The number of methoxy groups -OCH3 is 1. The van der Waals surface area contributed by atoms with Gasteiger partial charge in [0.1, 0.15) is 17.8 Å². The number of nitro benzene ring substituents is 1. The lowest BCUT2D eigenvalue weighted by molar-refractivity contribution is -0.384. The topological polar surface area (TPSA) is 122 Å². The molecule has 1 aromatic carbocycles. The third-order valence-corrected chi connectivity index (χ3v) is 5.45. The van der Waals surface area contributed by atoms with Crippen LogP contribution in [-0.2, 0) is 9.59 Å². The quantitative estimate of drug-likeness (QED) is 0.467. The van der Waals surface area contributed by atoms with Crippen LogP contribution >= 0.6 is 0 Å². The molecule has 4 amide bonds. The molecule has 3 rings (SSSR count). The Morgan fingerprint density at radius 3 is 2.57 bits per heavy atom. The molecule has 1 saturated heterocycles. The molecular weight excluding hydrogens is 368 g/mol. The highest BCUT2D eigenvalue weighted by atomic mass is 16.6. The number of amides is 4. The van der Waals surface area contributed by atoms with Crippen molar-refractivity contribution in [2.24, 2.45) is 0 Å². The Bertz CT molecular complexity index is 833. The number of ether oxygens (including phenoxy) is 1. The summed E-state index contributed by atoms with van der Waals surface area (Å²) in [5.74, 6) is -0.762. The van der Waals surface area contributed by atoms with Gasteiger partial charge in [0.05, 0.1) is 17.7 Å². The van der Waals surface area contributed by atoms with Gasteiger partial charge in [-0.05, 0) is 18.9 Å². The summed E-state index contributed by atoms with van der Waals surface area (Å²) in [6, 6.07) is 3.28. The summed E-state index contributed by atoms with van der Waals surface area (Å²) < 4.78 is 5.11. The minimum atomic E-state index is -0.862. The smallest absolute Gasteiger partial charge is 0.327 e. The zero-order valence-corrected chi connectivity index (χ0v) is 15.8. The number of nitrogens with one attached hydrogen (secondary N) is 1. The number of nitro groups is 1. The molecule has 1 saturated carbocycles. The number of benzene rings is 1. The Kier molecular flexibility index (Phi) is 5.21. The van der Waals surface area contributed by atoms with E-state index in [0.717, 1.165) is 24.2 Å². The standard InChI is InChI=1S/C18H22N4O6/c1-20-17(25)21(16(24)18(20)8-4-3-5-9-18)11-15(23)19-13-10-12(22(26)27)6-7-14(13)28-2/h6-7,10H,3-5,8-9,11H2,1-2H3,(H,19,23). The largest absolute Gasteiger partial charge is 0.495 e. The Morgan fingerprint density at radius 2 is 1.96 bits per heavy atom. The Morgan fingerprint density at radius 1 is 1.29 bits per heavy atom. The number of non-ortho nitro benzene ring substituents is 1. The first kappa shape index (κ1) is 19.6. The fourth-order valence-electron chi connectivity index (χ4n) is 3.91. The average Bonchev–Trinajstić information content (AvgIpc) is 2.85. The molecule has 1 spiro atoms. The van der Waals surface area contributed by atoms with Crippen molar-refractivity contribution in [2.45, 2.75) is 37.6 Å². The summed E-state index contributed by atoms with van der Waals surface area (Å²) in [6.07, 6.45) is 3.91. The van der Waals surface area contributed by atoms with Gasteiger partial charge in [-0.2, -0.15) is 0 Å². The molecule has 1 aromatic rings. The average molecular weight is 390 g/mol. The monoisotopic (exact) mass is 390 g/mol. The number of carbonyl (C=O) groups excluding carboxylic acids is 3. The molecule has 10 nitrogen and oxygen atoms in total. The number of anilines is 1. The molecule has 0 atom stereocenters. The third-order valence-electron chi connectivity index (χ3n) is 5.45. The van der Waals surface area contributed by atoms with Crippen molar-refractivity contribution in [2.75, 3.05) is 26.0 Å². The molecule has 1 N–H and O–H groups in total. The highest BCUT2D eigenvalue weighted by Gasteiger charge is 2.55. The molecule has 0 unspecified atom stereocenters. The van der Waals surface area contributed by atoms with Crippen molar-refractivity contribution >= 4 is 29.2 Å². The highest BCUT2D eigenvalue weighted by Crippen LogP contribution is 2.39. The second kappa shape index (κ2) is 7.45. The molecule has 150 valence electrons. The lowest BCUT2D eigenvalue weighted by atomic mass is 9.81. The first-order valence-corrected chi connectivity index (χ1v) is 9.02. The molecule has 2 aliphatic rings. The van der Waals surface area contributed by atoms with Crippen molar-refractivity contribution in [1.29, 1.82) is 0 Å². The van der Waals surface area contributed by atoms with Gasteiger partial charge in [-0.1, -0.05) is 19.3 Å². The van der Waals surface area contributed by atoms with Gasteiger partial charge in [-0.25, -0.2) is 4.79 Å². The van der Waals surface area contributed by atoms with E-state index < -0.39 is 28.9 Å². The number of hydrogen-bond acceptors (Lipinski definition) is 6. The molecule has 10 heteroatoms. The maximum absolute atomic E-state index is 12.9. The second-order valence-electron chi connectivity index (χ2n) is 7.02. The lowest BCUT2D eigenvalue weighted by Crippen LogP contribution is -2.49. The zero-order valence-electron chi connectivity index (χ0n) is 15.8. The lowest BCUT2D eigenvalue weighted by Gasteiger charge is -2.35. The zero-order chi connectivity index (χ0) is 20.5. The van der Waals surface area contributed by atoms with Gasteiger partial charge in [-0.15, -0.1) is 0 Å². The Balaban J connectivity index is 1.76. The fourth-order valence-corrected chi connectivity index (χ4v) is 3.91. The summed E-state index contributed by atoms with van der Waals surface area (Å²) >= 11 is 0. The Labute approximate surface area is 161 Å². The van der Waals surface area contributed by atoms with Gasteiger partial charge in [0, 0.05) is 19.2 Å². The summed E-state index contributed by atoms with van der Waals surface area (Å²) in [6.45, 7) is -0.463. The minimum absolute atomic E-state index is 0.0986. The van der Waals surface area contributed by atoms with Crippen LogP contribution in [0.4, 0.5) is 16.2 Å². The van der Waals surface area contributed by atoms with E-state index in [1.54, 1.807) is 7.05 Å². The van der Waals surface area contributed by atoms with Crippen LogP contribution < -0.4 is 10.1 Å². The molecule has 1 heterocycles. The van der Waals surface area contributed by atoms with E-state index in [0.29, 0.717) is 12.8 Å². The second-order valence-corrected chi connectivity index (χ2v) is 7.02. The summed E-state index contributed by atoms with van der Waals surface area (Å²) in [4.78, 5) is 50.7. The number of urea groups is 1. The van der Waals surface area contributed by atoms with Crippen molar-refractivity contribution in [1.82, 2.24) is 9.80 Å². The Hall–Kier alpha value is -3.17. The molecule has 0 radical (unpaired) electrons. The van der Waals surface area contributed by atoms with Gasteiger partial charge in [0.25, 0.3) is 11.6 Å². The minimum Gasteiger partial charge on any atom is -0.495 e. The van der Waals surface area contributed by atoms with Crippen molar-refractivity contribution in [3.8, 4) is 5.75 Å². The van der Waals surface area contributed by atoms with E-state index in [1.807, 2.05) is 0 Å². The molecule has 1 aliphatic carbocycles. The number of nitrogens with zero attached hydrogens (tertiary/aromatic N) is 3. The third kappa shape index (κ3) is 3.25. The number of likely N-dealkylation sites (N-methyl/N-ethyl adjacent to an activating group) is 1. The van der Waals surface area contributed by atoms with E-state index in [1.165, 1.54) is 30.2 Å². The fraction of sp³-hybridized carbons (Fsp3) is 0.500. The molecule has 28 heavy (non-hydrogen) atoms. The predicted octanol–water partition coefficient (Wildman–Crippen LogP) is 2.14.